The van der Waals surface area contributed by atoms with Crippen LogP contribution in [0.25, 0.3) is 0 Å². The van der Waals surface area contributed by atoms with Crippen molar-refractivity contribution in [3.63, 3.8) is 0 Å². The maximum Gasteiger partial charge on any atom is 0.337 e. The Kier molecular flexibility index (Phi) is 9.21. The van der Waals surface area contributed by atoms with Crippen molar-refractivity contribution in [3.8, 4) is 0 Å². The smallest absolute Gasteiger partial charge is 0.337 e. The molecule has 8 atom stereocenters. The summed E-state index contributed by atoms with van der Waals surface area (Å²) in [6, 6.07) is 0. The van der Waals surface area contributed by atoms with Crippen molar-refractivity contribution in [2.75, 3.05) is 27.4 Å². The summed E-state index contributed by atoms with van der Waals surface area (Å²) in [4.78, 5) is 35.5. The molecule has 1 saturated heterocycles. The Hall–Kier alpha value is -2.55. The highest BCUT2D eigenvalue weighted by Gasteiger charge is 2.50. The van der Waals surface area contributed by atoms with Gasteiger partial charge in [-0.3, -0.25) is 9.59 Å². The summed E-state index contributed by atoms with van der Waals surface area (Å²) in [5.41, 5.74) is 0.792. The molecule has 0 bridgehead atoms. The van der Waals surface area contributed by atoms with Crippen LogP contribution in [0.2, 0.25) is 0 Å². The lowest BCUT2D eigenvalue weighted by molar-refractivity contribution is -0.339. The van der Waals surface area contributed by atoms with Gasteiger partial charge in [0.05, 0.1) is 51.4 Å². The largest absolute Gasteiger partial charge is 0.471 e. The molecule has 2 heterocycles. The van der Waals surface area contributed by atoms with Gasteiger partial charge in [0.2, 0.25) is 6.29 Å². The summed E-state index contributed by atoms with van der Waals surface area (Å²) in [5, 5.41) is 39.8. The first kappa shape index (κ1) is 27.0. The van der Waals surface area contributed by atoms with E-state index in [2.05, 4.69) is 4.74 Å². The summed E-state index contributed by atoms with van der Waals surface area (Å²) in [6.45, 7) is -0.811. The molecular formula is C22H30O13. The van der Waals surface area contributed by atoms with Crippen molar-refractivity contribution in [2.45, 2.75) is 56.3 Å². The first-order valence-electron chi connectivity index (χ1n) is 11.0. The number of hydrogen-bond acceptors (Lipinski definition) is 13. The first-order chi connectivity index (χ1) is 16.7. The van der Waals surface area contributed by atoms with Crippen molar-refractivity contribution in [1.29, 1.82) is 0 Å². The van der Waals surface area contributed by atoms with Crippen molar-refractivity contribution < 1.29 is 63.2 Å². The van der Waals surface area contributed by atoms with E-state index in [1.165, 1.54) is 20.5 Å². The molecule has 13 nitrogen and oxygen atoms in total. The molecule has 3 rings (SSSR count). The number of rotatable bonds is 9. The van der Waals surface area contributed by atoms with Gasteiger partial charge in [0.25, 0.3) is 0 Å². The molecule has 3 aliphatic rings. The third-order valence-electron chi connectivity index (χ3n) is 6.22. The maximum atomic E-state index is 12.3. The minimum Gasteiger partial charge on any atom is -0.471 e. The quantitative estimate of drug-likeness (QED) is 0.158. The van der Waals surface area contributed by atoms with Gasteiger partial charge in [0, 0.05) is 5.92 Å². The Morgan fingerprint density at radius 1 is 1.00 bits per heavy atom. The van der Waals surface area contributed by atoms with E-state index in [0.717, 1.165) is 0 Å². The van der Waals surface area contributed by atoms with Gasteiger partial charge in [0.1, 0.15) is 31.0 Å². The highest BCUT2D eigenvalue weighted by molar-refractivity contribution is 5.89. The number of methoxy groups -OCH3 is 2. The van der Waals surface area contributed by atoms with Gasteiger partial charge in [-0.05, 0) is 12.0 Å². The highest BCUT2D eigenvalue weighted by Crippen LogP contribution is 2.44. The SMILES string of the molecule is COC(=O)CCC(=O)OCC1=CCC2C(C(=O)OC)=COC(OC3OC(CO)C(O)C(O)C3O)C12. The number of allylic oxidation sites excluding steroid dienone is 1. The van der Waals surface area contributed by atoms with Gasteiger partial charge >= 0.3 is 17.9 Å². The second-order valence-electron chi connectivity index (χ2n) is 8.29. The molecule has 1 fully saturated rings. The Morgan fingerprint density at radius 2 is 1.71 bits per heavy atom. The van der Waals surface area contributed by atoms with Crippen LogP contribution in [0.5, 0.6) is 0 Å². The Morgan fingerprint density at radius 3 is 2.37 bits per heavy atom. The molecule has 196 valence electrons. The van der Waals surface area contributed by atoms with E-state index in [1.807, 2.05) is 0 Å². The van der Waals surface area contributed by atoms with Gasteiger partial charge in [-0.1, -0.05) is 6.08 Å². The number of esters is 3. The summed E-state index contributed by atoms with van der Waals surface area (Å²) in [5.74, 6) is -2.92. The van der Waals surface area contributed by atoms with Crippen LogP contribution in [0.4, 0.5) is 0 Å². The molecule has 0 spiro atoms. The van der Waals surface area contributed by atoms with E-state index < -0.39 is 73.3 Å². The molecule has 0 aromatic carbocycles. The predicted octanol–water partition coefficient (Wildman–Crippen LogP) is -1.72. The molecule has 0 saturated carbocycles. The zero-order valence-corrected chi connectivity index (χ0v) is 19.3. The molecule has 1 aliphatic carbocycles. The molecule has 13 heteroatoms. The lowest BCUT2D eigenvalue weighted by atomic mass is 9.83. The fraction of sp³-hybridized carbons (Fsp3) is 0.682. The standard InChI is InChI=1S/C22H30O13/c1-30-14(24)5-6-15(25)32-8-10-3-4-11-12(20(29)31-2)9-33-21(16(10)11)35-22-19(28)18(27)17(26)13(7-23)34-22/h3,9,11,13,16-19,21-23,26-28H,4-8H2,1-2H3. The van der Waals surface area contributed by atoms with E-state index >= 15 is 0 Å². The molecular weight excluding hydrogens is 472 g/mol. The van der Waals surface area contributed by atoms with Crippen molar-refractivity contribution in [3.05, 3.63) is 23.5 Å². The lowest BCUT2D eigenvalue weighted by Crippen LogP contribution is -2.60. The predicted molar refractivity (Wildman–Crippen MR) is 112 cm³/mol. The number of carbonyl (C=O) groups excluding carboxylic acids is 3. The van der Waals surface area contributed by atoms with Crippen LogP contribution in [0, 0.1) is 11.8 Å². The molecule has 2 aliphatic heterocycles. The maximum absolute atomic E-state index is 12.3. The summed E-state index contributed by atoms with van der Waals surface area (Å²) < 4.78 is 31.4. The monoisotopic (exact) mass is 502 g/mol. The lowest BCUT2D eigenvalue weighted by Gasteiger charge is -2.42. The number of aliphatic hydroxyl groups excluding tert-OH is 4. The molecule has 0 aromatic rings. The van der Waals surface area contributed by atoms with E-state index in [0.29, 0.717) is 12.0 Å². The zero-order chi connectivity index (χ0) is 25.7. The Labute approximate surface area is 200 Å². The molecule has 0 aromatic heterocycles. The van der Waals surface area contributed by atoms with Crippen molar-refractivity contribution in [2.24, 2.45) is 11.8 Å². The number of carbonyl (C=O) groups is 3. The molecule has 4 N–H and O–H groups in total. The van der Waals surface area contributed by atoms with E-state index in [-0.39, 0.29) is 25.0 Å². The second kappa shape index (κ2) is 11.9. The van der Waals surface area contributed by atoms with Crippen molar-refractivity contribution in [1.82, 2.24) is 0 Å². The van der Waals surface area contributed by atoms with Gasteiger partial charge in [-0.25, -0.2) is 4.79 Å². The Bertz CT molecular complexity index is 850. The second-order valence-corrected chi connectivity index (χ2v) is 8.29. The van der Waals surface area contributed by atoms with E-state index in [1.54, 1.807) is 6.08 Å². The van der Waals surface area contributed by atoms with Crippen LogP contribution in [-0.2, 0) is 42.8 Å². The minimum atomic E-state index is -1.66. The van der Waals surface area contributed by atoms with E-state index in [4.69, 9.17) is 23.7 Å². The number of ether oxygens (including phenoxy) is 6. The average Bonchev–Trinajstić information content (AvgIpc) is 3.30. The third kappa shape index (κ3) is 6.00. The minimum absolute atomic E-state index is 0.137. The number of aliphatic hydroxyl groups is 4. The first-order valence-corrected chi connectivity index (χ1v) is 11.0. The average molecular weight is 502 g/mol. The van der Waals surface area contributed by atoms with Crippen molar-refractivity contribution >= 4 is 17.9 Å². The van der Waals surface area contributed by atoms with Crippen LogP contribution in [0.1, 0.15) is 19.3 Å². The van der Waals surface area contributed by atoms with E-state index in [9.17, 15) is 34.8 Å². The van der Waals surface area contributed by atoms with Crippen LogP contribution < -0.4 is 0 Å². The van der Waals surface area contributed by atoms with Crippen LogP contribution in [0.15, 0.2) is 23.5 Å². The van der Waals surface area contributed by atoms with Gasteiger partial charge in [-0.15, -0.1) is 0 Å². The fourth-order valence-electron chi connectivity index (χ4n) is 4.26. The van der Waals surface area contributed by atoms with Gasteiger partial charge in [0.15, 0.2) is 6.29 Å². The summed E-state index contributed by atoms with van der Waals surface area (Å²) in [6.07, 6.45) is -5.68. The number of hydrogen-bond donors (Lipinski definition) is 4. The summed E-state index contributed by atoms with van der Waals surface area (Å²) in [7, 11) is 2.43. The molecule has 0 radical (unpaired) electrons. The third-order valence-corrected chi connectivity index (χ3v) is 6.22. The highest BCUT2D eigenvalue weighted by atomic mass is 16.8. The fourth-order valence-corrected chi connectivity index (χ4v) is 4.26. The Balaban J connectivity index is 1.74. The zero-order valence-electron chi connectivity index (χ0n) is 19.3. The normalized spacial score (nSPS) is 34.1. The van der Waals surface area contributed by atoms with Crippen LogP contribution >= 0.6 is 0 Å². The topological polar surface area (TPSA) is 188 Å². The van der Waals surface area contributed by atoms with Crippen LogP contribution in [-0.4, -0.2) is 103 Å². The molecule has 35 heavy (non-hydrogen) atoms. The molecule has 8 unspecified atom stereocenters. The van der Waals surface area contributed by atoms with Gasteiger partial charge < -0.3 is 48.8 Å². The van der Waals surface area contributed by atoms with Crippen LogP contribution in [0.3, 0.4) is 0 Å². The number of fused-ring (bicyclic) bond motifs is 1. The van der Waals surface area contributed by atoms with Gasteiger partial charge in [-0.2, -0.15) is 0 Å². The molecule has 0 amide bonds. The summed E-state index contributed by atoms with van der Waals surface area (Å²) >= 11 is 0.